The van der Waals surface area contributed by atoms with Gasteiger partial charge in [-0.1, -0.05) is 140 Å². The fourth-order valence-electron chi connectivity index (χ4n) is 7.65. The topological polar surface area (TPSA) is 21.3 Å². The van der Waals surface area contributed by atoms with E-state index in [1.54, 1.807) is 0 Å². The van der Waals surface area contributed by atoms with E-state index in [-0.39, 0.29) is 0 Å². The van der Waals surface area contributed by atoms with Crippen LogP contribution in [-0.4, -0.2) is 4.57 Å². The molecule has 0 atom stereocenters. The van der Waals surface area contributed by atoms with Crippen molar-refractivity contribution >= 4 is 60.8 Å². The predicted molar refractivity (Wildman–Crippen MR) is 214 cm³/mol. The second-order valence-corrected chi connectivity index (χ2v) is 12.9. The van der Waals surface area contributed by atoms with E-state index < -0.39 is 0 Å². The maximum atomic E-state index is 6.48. The van der Waals surface area contributed by atoms with Crippen LogP contribution < -0.4 is 4.90 Å². The first-order valence-electron chi connectivity index (χ1n) is 17.4. The van der Waals surface area contributed by atoms with Gasteiger partial charge < -0.3 is 13.9 Å². The Kier molecular flexibility index (Phi) is 6.81. The van der Waals surface area contributed by atoms with Crippen LogP contribution >= 0.6 is 0 Å². The molecule has 0 radical (unpaired) electrons. The van der Waals surface area contributed by atoms with Crippen LogP contribution in [0.1, 0.15) is 0 Å². The lowest BCUT2D eigenvalue weighted by Gasteiger charge is -2.25. The zero-order chi connectivity index (χ0) is 33.7. The van der Waals surface area contributed by atoms with Crippen molar-refractivity contribution in [1.29, 1.82) is 0 Å². The molecule has 0 saturated heterocycles. The van der Waals surface area contributed by atoms with Gasteiger partial charge in [-0.05, 0) is 71.3 Å². The van der Waals surface area contributed by atoms with Gasteiger partial charge in [0.15, 0.2) is 5.58 Å². The lowest BCUT2D eigenvalue weighted by atomic mass is 9.98. The second kappa shape index (κ2) is 11.9. The van der Waals surface area contributed by atoms with E-state index >= 15 is 0 Å². The highest BCUT2D eigenvalue weighted by atomic mass is 16.3. The fraction of sp³-hybridized carbons (Fsp3) is 0. The maximum Gasteiger partial charge on any atom is 0.159 e. The van der Waals surface area contributed by atoms with Crippen LogP contribution in [0.5, 0.6) is 0 Å². The van der Waals surface area contributed by atoms with Gasteiger partial charge >= 0.3 is 0 Å². The predicted octanol–water partition coefficient (Wildman–Crippen LogP) is 13.5. The summed E-state index contributed by atoms with van der Waals surface area (Å²) in [5.41, 5.74) is 13.2. The van der Waals surface area contributed by atoms with Gasteiger partial charge in [-0.25, -0.2) is 0 Å². The summed E-state index contributed by atoms with van der Waals surface area (Å²) in [6.45, 7) is 0. The van der Waals surface area contributed by atoms with Crippen molar-refractivity contribution < 1.29 is 4.42 Å². The van der Waals surface area contributed by atoms with Crippen molar-refractivity contribution in [3.05, 3.63) is 194 Å². The molecule has 10 aromatic rings. The van der Waals surface area contributed by atoms with E-state index in [0.29, 0.717) is 0 Å². The highest BCUT2D eigenvalue weighted by Gasteiger charge is 2.19. The summed E-state index contributed by atoms with van der Waals surface area (Å²) in [6.07, 6.45) is 0. The Balaban J connectivity index is 1.02. The lowest BCUT2D eigenvalue weighted by Crippen LogP contribution is -2.10. The van der Waals surface area contributed by atoms with Gasteiger partial charge in [0, 0.05) is 38.5 Å². The quantitative estimate of drug-likeness (QED) is 0.178. The first kappa shape index (κ1) is 29.1. The number of hydrogen-bond donors (Lipinski definition) is 0. The number of furan rings is 1. The summed E-state index contributed by atoms with van der Waals surface area (Å²) >= 11 is 0. The molecule has 2 aromatic heterocycles. The van der Waals surface area contributed by atoms with Gasteiger partial charge in [0.25, 0.3) is 0 Å². The number of hydrogen-bond acceptors (Lipinski definition) is 2. The second-order valence-electron chi connectivity index (χ2n) is 12.9. The lowest BCUT2D eigenvalue weighted by molar-refractivity contribution is 0.669. The summed E-state index contributed by atoms with van der Waals surface area (Å²) in [6, 6.07) is 69.0. The molecule has 0 aliphatic rings. The highest BCUT2D eigenvalue weighted by molar-refractivity contribution is 6.11. The Labute approximate surface area is 295 Å². The highest BCUT2D eigenvalue weighted by Crippen LogP contribution is 2.42. The average Bonchev–Trinajstić information content (AvgIpc) is 3.75. The first-order chi connectivity index (χ1) is 25.3. The summed E-state index contributed by atoms with van der Waals surface area (Å²) in [5.74, 6) is 0. The van der Waals surface area contributed by atoms with Crippen molar-refractivity contribution in [2.75, 3.05) is 4.90 Å². The van der Waals surface area contributed by atoms with Crippen molar-refractivity contribution in [1.82, 2.24) is 4.57 Å². The van der Waals surface area contributed by atoms with Crippen molar-refractivity contribution in [2.24, 2.45) is 0 Å². The standard InChI is InChI=1S/C48H32N2O/c1-2-13-36(14-3-1)49(46-23-12-19-42-41-18-7-11-24-47(41)51-48(42)46)37-31-29-34(30-32-37)33-25-27-35(28-26-33)38-15-4-8-20-43(38)50-44-21-9-5-16-39(44)40-17-6-10-22-45(40)50/h1-32H. The van der Waals surface area contributed by atoms with Gasteiger partial charge in [0.2, 0.25) is 0 Å². The van der Waals surface area contributed by atoms with E-state index in [4.69, 9.17) is 4.42 Å². The molecule has 0 amide bonds. The summed E-state index contributed by atoms with van der Waals surface area (Å²) < 4.78 is 8.88. The molecule has 0 aliphatic heterocycles. The molecule has 2 heterocycles. The number of aromatic nitrogens is 1. The molecule has 8 aromatic carbocycles. The van der Waals surface area contributed by atoms with Crippen LogP contribution in [0.15, 0.2) is 199 Å². The number of para-hydroxylation sites is 6. The monoisotopic (exact) mass is 652 g/mol. The molecule has 0 aliphatic carbocycles. The minimum atomic E-state index is 0.878. The van der Waals surface area contributed by atoms with Crippen LogP contribution in [0.2, 0.25) is 0 Å². The van der Waals surface area contributed by atoms with Crippen LogP contribution in [-0.2, 0) is 0 Å². The third kappa shape index (κ3) is 4.82. The molecule has 0 saturated carbocycles. The molecule has 0 bridgehead atoms. The van der Waals surface area contributed by atoms with E-state index in [9.17, 15) is 0 Å². The third-order valence-corrected chi connectivity index (χ3v) is 10.0. The molecular formula is C48H32N2O. The Morgan fingerprint density at radius 2 is 0.902 bits per heavy atom. The number of nitrogens with zero attached hydrogens (tertiary/aromatic N) is 2. The first-order valence-corrected chi connectivity index (χ1v) is 17.4. The number of rotatable bonds is 6. The number of benzene rings is 8. The molecule has 0 N–H and O–H groups in total. The normalized spacial score (nSPS) is 11.5. The van der Waals surface area contributed by atoms with E-state index in [1.807, 2.05) is 12.1 Å². The van der Waals surface area contributed by atoms with Gasteiger partial charge in [-0.15, -0.1) is 0 Å². The van der Waals surface area contributed by atoms with E-state index in [2.05, 4.69) is 191 Å². The van der Waals surface area contributed by atoms with Crippen LogP contribution in [0.4, 0.5) is 17.1 Å². The zero-order valence-corrected chi connectivity index (χ0v) is 27.8. The van der Waals surface area contributed by atoms with Crippen LogP contribution in [0, 0.1) is 0 Å². The van der Waals surface area contributed by atoms with Crippen LogP contribution in [0.3, 0.4) is 0 Å². The van der Waals surface area contributed by atoms with Gasteiger partial charge in [0.05, 0.1) is 22.4 Å². The average molecular weight is 653 g/mol. The minimum absolute atomic E-state index is 0.878. The largest absolute Gasteiger partial charge is 0.454 e. The summed E-state index contributed by atoms with van der Waals surface area (Å²) in [4.78, 5) is 2.28. The Bertz CT molecular complexity index is 2790. The molecule has 3 heteroatoms. The van der Waals surface area contributed by atoms with Crippen molar-refractivity contribution in [3.8, 4) is 27.9 Å². The molecule has 240 valence electrons. The summed E-state index contributed by atoms with van der Waals surface area (Å²) in [5, 5.41) is 4.77. The fourth-order valence-corrected chi connectivity index (χ4v) is 7.65. The van der Waals surface area contributed by atoms with Gasteiger partial charge in [-0.3, -0.25) is 0 Å². The molecule has 0 spiro atoms. The maximum absolute atomic E-state index is 6.48. The summed E-state index contributed by atoms with van der Waals surface area (Å²) in [7, 11) is 0. The molecular weight excluding hydrogens is 621 g/mol. The number of fused-ring (bicyclic) bond motifs is 6. The molecule has 0 fully saturated rings. The van der Waals surface area contributed by atoms with Crippen molar-refractivity contribution in [3.63, 3.8) is 0 Å². The zero-order valence-electron chi connectivity index (χ0n) is 27.8. The molecule has 51 heavy (non-hydrogen) atoms. The molecule has 10 rings (SSSR count). The van der Waals surface area contributed by atoms with Gasteiger partial charge in [-0.2, -0.15) is 0 Å². The molecule has 3 nitrogen and oxygen atoms in total. The Morgan fingerprint density at radius 3 is 1.63 bits per heavy atom. The Morgan fingerprint density at radius 1 is 0.373 bits per heavy atom. The van der Waals surface area contributed by atoms with Crippen molar-refractivity contribution in [2.45, 2.75) is 0 Å². The minimum Gasteiger partial charge on any atom is -0.454 e. The smallest absolute Gasteiger partial charge is 0.159 e. The SMILES string of the molecule is c1ccc(N(c2ccc(-c3ccc(-c4ccccc4-n4c5ccccc5c5ccccc54)cc3)cc2)c2cccc3c2oc2ccccc23)cc1. The molecule has 0 unspecified atom stereocenters. The van der Waals surface area contributed by atoms with Crippen LogP contribution in [0.25, 0.3) is 71.7 Å². The van der Waals surface area contributed by atoms with E-state index in [1.165, 1.54) is 44.2 Å². The van der Waals surface area contributed by atoms with Gasteiger partial charge in [0.1, 0.15) is 5.58 Å². The van der Waals surface area contributed by atoms with E-state index in [0.717, 1.165) is 44.6 Å². The number of anilines is 3. The Hall–Kier alpha value is -6.84. The third-order valence-electron chi connectivity index (χ3n) is 10.0.